The van der Waals surface area contributed by atoms with Gasteiger partial charge in [0, 0.05) is 5.41 Å². The van der Waals surface area contributed by atoms with Gasteiger partial charge in [0.15, 0.2) is 0 Å². The van der Waals surface area contributed by atoms with E-state index in [2.05, 4.69) is 10.3 Å². The quantitative estimate of drug-likeness (QED) is 0.747. The number of hydrogen-bond acceptors (Lipinski definition) is 6. The number of ether oxygens (including phenoxy) is 1. The Bertz CT molecular complexity index is 838. The molecular weight excluding hydrogens is 376 g/mol. The molecule has 28 heavy (non-hydrogen) atoms. The van der Waals surface area contributed by atoms with Crippen LogP contribution in [-0.4, -0.2) is 23.4 Å². The zero-order valence-corrected chi connectivity index (χ0v) is 16.5. The molecule has 0 radical (unpaired) electrons. The molecule has 0 unspecified atom stereocenters. The fraction of sp³-hybridized carbons (Fsp3) is 0.571. The van der Waals surface area contributed by atoms with E-state index in [0.29, 0.717) is 29.3 Å². The van der Waals surface area contributed by atoms with E-state index < -0.39 is 5.97 Å². The predicted octanol–water partition coefficient (Wildman–Crippen LogP) is 3.78. The second kappa shape index (κ2) is 7.03. The molecule has 6 rings (SSSR count). The standard InChI is InChI=1S/C21H24N2O4S/c24-18(26-11-16-12-27-19(23-16)17-2-1-3-28-17)10-22-20(25)21-7-13-4-14(8-21)6-15(5-13)9-21/h1-3,12-15H,4-11H2,(H,22,25). The summed E-state index contributed by atoms with van der Waals surface area (Å²) in [6, 6.07) is 3.85. The number of rotatable bonds is 6. The Kier molecular flexibility index (Phi) is 4.50. The molecule has 0 aliphatic heterocycles. The third-order valence-corrected chi connectivity index (χ3v) is 7.44. The maximum Gasteiger partial charge on any atom is 0.325 e. The first kappa shape index (κ1) is 17.9. The number of oxazole rings is 1. The summed E-state index contributed by atoms with van der Waals surface area (Å²) in [4.78, 5) is 30.2. The monoisotopic (exact) mass is 400 g/mol. The van der Waals surface area contributed by atoms with E-state index in [1.807, 2.05) is 17.5 Å². The lowest BCUT2D eigenvalue weighted by Crippen LogP contribution is -2.54. The van der Waals surface area contributed by atoms with Gasteiger partial charge in [-0.2, -0.15) is 0 Å². The SMILES string of the molecule is O=C(CNC(=O)C12CC3CC(CC(C3)C1)C2)OCc1coc(-c2cccs2)n1. The van der Waals surface area contributed by atoms with Crippen molar-refractivity contribution < 1.29 is 18.7 Å². The van der Waals surface area contributed by atoms with Gasteiger partial charge in [0.05, 0.1) is 4.88 Å². The highest BCUT2D eigenvalue weighted by molar-refractivity contribution is 7.13. The van der Waals surface area contributed by atoms with Crippen molar-refractivity contribution in [3.63, 3.8) is 0 Å². The van der Waals surface area contributed by atoms with Crippen molar-refractivity contribution in [2.75, 3.05) is 6.54 Å². The minimum Gasteiger partial charge on any atom is -0.458 e. The molecule has 0 atom stereocenters. The van der Waals surface area contributed by atoms with E-state index >= 15 is 0 Å². The lowest BCUT2D eigenvalue weighted by Gasteiger charge is -2.55. The number of esters is 1. The highest BCUT2D eigenvalue weighted by Gasteiger charge is 2.54. The van der Waals surface area contributed by atoms with Crippen LogP contribution in [0.25, 0.3) is 10.8 Å². The fourth-order valence-electron chi connectivity index (χ4n) is 5.82. The summed E-state index contributed by atoms with van der Waals surface area (Å²) < 4.78 is 10.7. The van der Waals surface area contributed by atoms with E-state index in [9.17, 15) is 9.59 Å². The lowest BCUT2D eigenvalue weighted by molar-refractivity contribution is -0.151. The van der Waals surface area contributed by atoms with Crippen LogP contribution in [0.3, 0.4) is 0 Å². The number of carbonyl (C=O) groups excluding carboxylic acids is 2. The van der Waals surface area contributed by atoms with Crippen LogP contribution in [0.1, 0.15) is 44.2 Å². The molecule has 0 spiro atoms. The van der Waals surface area contributed by atoms with Gasteiger partial charge in [-0.3, -0.25) is 9.59 Å². The molecule has 4 aliphatic rings. The number of carbonyl (C=O) groups is 2. The van der Waals surface area contributed by atoms with E-state index in [1.54, 1.807) is 0 Å². The third-order valence-electron chi connectivity index (χ3n) is 6.58. The number of amides is 1. The lowest BCUT2D eigenvalue weighted by atomic mass is 9.49. The molecule has 148 valence electrons. The van der Waals surface area contributed by atoms with Gasteiger partial charge in [0.1, 0.15) is 25.1 Å². The molecule has 2 heterocycles. The molecule has 2 aromatic heterocycles. The molecule has 4 bridgehead atoms. The molecule has 2 aromatic rings. The van der Waals surface area contributed by atoms with Gasteiger partial charge in [-0.05, 0) is 67.7 Å². The van der Waals surface area contributed by atoms with Gasteiger partial charge in [-0.1, -0.05) is 6.07 Å². The van der Waals surface area contributed by atoms with Crippen LogP contribution in [0.4, 0.5) is 0 Å². The second-order valence-corrected chi connectivity index (χ2v) is 9.61. The van der Waals surface area contributed by atoms with Gasteiger partial charge in [-0.25, -0.2) is 4.98 Å². The third kappa shape index (κ3) is 3.36. The first-order chi connectivity index (χ1) is 13.6. The minimum absolute atomic E-state index is 0.0426. The van der Waals surface area contributed by atoms with Crippen LogP contribution in [0.2, 0.25) is 0 Å². The summed E-state index contributed by atoms with van der Waals surface area (Å²) in [6.07, 6.45) is 8.34. The topological polar surface area (TPSA) is 81.4 Å². The molecule has 0 aromatic carbocycles. The molecule has 6 nitrogen and oxygen atoms in total. The van der Waals surface area contributed by atoms with Crippen LogP contribution in [0.15, 0.2) is 28.2 Å². The zero-order valence-electron chi connectivity index (χ0n) is 15.7. The first-order valence-corrected chi connectivity index (χ1v) is 10.9. The van der Waals surface area contributed by atoms with Gasteiger partial charge in [-0.15, -0.1) is 11.3 Å². The highest BCUT2D eigenvalue weighted by Crippen LogP contribution is 2.60. The van der Waals surface area contributed by atoms with E-state index in [1.165, 1.54) is 36.9 Å². The normalized spacial score (nSPS) is 30.4. The predicted molar refractivity (Wildman–Crippen MR) is 103 cm³/mol. The van der Waals surface area contributed by atoms with Crippen LogP contribution in [0, 0.1) is 23.2 Å². The molecule has 4 fully saturated rings. The van der Waals surface area contributed by atoms with Crippen LogP contribution in [0.5, 0.6) is 0 Å². The molecule has 1 N–H and O–H groups in total. The molecule has 4 aliphatic carbocycles. The van der Waals surface area contributed by atoms with Crippen molar-refractivity contribution in [2.45, 2.75) is 45.1 Å². The Morgan fingerprint density at radius 3 is 2.57 bits per heavy atom. The van der Waals surface area contributed by atoms with Gasteiger partial charge >= 0.3 is 5.97 Å². The van der Waals surface area contributed by atoms with Crippen LogP contribution < -0.4 is 5.32 Å². The smallest absolute Gasteiger partial charge is 0.325 e. The first-order valence-electron chi connectivity index (χ1n) is 10.0. The second-order valence-electron chi connectivity index (χ2n) is 8.66. The Morgan fingerprint density at radius 1 is 1.21 bits per heavy atom. The summed E-state index contributed by atoms with van der Waals surface area (Å²) in [5.41, 5.74) is 0.320. The van der Waals surface area contributed by atoms with E-state index in [-0.39, 0.29) is 24.5 Å². The summed E-state index contributed by atoms with van der Waals surface area (Å²) in [6.45, 7) is -0.0445. The Labute approximate surface area is 167 Å². The Balaban J connectivity index is 1.11. The molecule has 4 saturated carbocycles. The molecular formula is C21H24N2O4S. The molecule has 1 amide bonds. The number of aromatic nitrogens is 1. The van der Waals surface area contributed by atoms with Crippen LogP contribution >= 0.6 is 11.3 Å². The van der Waals surface area contributed by atoms with Crippen molar-refractivity contribution in [3.05, 3.63) is 29.5 Å². The Morgan fingerprint density at radius 2 is 1.93 bits per heavy atom. The van der Waals surface area contributed by atoms with Crippen molar-refractivity contribution >= 4 is 23.2 Å². The summed E-state index contributed by atoms with van der Waals surface area (Å²) in [7, 11) is 0. The fourth-order valence-corrected chi connectivity index (χ4v) is 6.48. The van der Waals surface area contributed by atoms with Gasteiger partial charge < -0.3 is 14.5 Å². The maximum atomic E-state index is 12.9. The average molecular weight is 401 g/mol. The van der Waals surface area contributed by atoms with E-state index in [4.69, 9.17) is 9.15 Å². The number of nitrogens with zero attached hydrogens (tertiary/aromatic N) is 1. The number of hydrogen-bond donors (Lipinski definition) is 1. The zero-order chi connectivity index (χ0) is 19.1. The van der Waals surface area contributed by atoms with E-state index in [0.717, 1.165) is 24.1 Å². The minimum atomic E-state index is -0.446. The van der Waals surface area contributed by atoms with Crippen molar-refractivity contribution in [2.24, 2.45) is 23.2 Å². The number of thiophene rings is 1. The maximum absolute atomic E-state index is 12.9. The van der Waals surface area contributed by atoms with Crippen molar-refractivity contribution in [3.8, 4) is 10.8 Å². The largest absolute Gasteiger partial charge is 0.458 e. The molecule has 0 saturated heterocycles. The van der Waals surface area contributed by atoms with Gasteiger partial charge in [0.25, 0.3) is 0 Å². The van der Waals surface area contributed by atoms with Gasteiger partial charge in [0.2, 0.25) is 11.8 Å². The van der Waals surface area contributed by atoms with Crippen LogP contribution in [-0.2, 0) is 20.9 Å². The number of nitrogens with one attached hydrogen (secondary N) is 1. The van der Waals surface area contributed by atoms with Crippen molar-refractivity contribution in [1.29, 1.82) is 0 Å². The molecule has 7 heteroatoms. The highest BCUT2D eigenvalue weighted by atomic mass is 32.1. The van der Waals surface area contributed by atoms with Crippen molar-refractivity contribution in [1.82, 2.24) is 10.3 Å². The average Bonchev–Trinajstić information content (AvgIpc) is 3.34. The summed E-state index contributed by atoms with van der Waals surface area (Å²) in [5, 5.41) is 4.80. The Hall–Kier alpha value is -2.15. The summed E-state index contributed by atoms with van der Waals surface area (Å²) >= 11 is 1.54. The summed E-state index contributed by atoms with van der Waals surface area (Å²) in [5.74, 6) is 2.23.